The number of nitrogens with zero attached hydrogens (tertiary/aromatic N) is 1. The van der Waals surface area contributed by atoms with E-state index >= 15 is 0 Å². The number of rotatable bonds is 2. The van der Waals surface area contributed by atoms with E-state index in [0.29, 0.717) is 23.6 Å². The Morgan fingerprint density at radius 1 is 1.50 bits per heavy atom. The van der Waals surface area contributed by atoms with Crippen molar-refractivity contribution in [2.75, 3.05) is 11.4 Å². The van der Waals surface area contributed by atoms with Crippen LogP contribution in [0.15, 0.2) is 18.2 Å². The third kappa shape index (κ3) is 2.03. The molecular formula is C11H11ClN2OS. The second-order valence-electron chi connectivity index (χ2n) is 3.67. The van der Waals surface area contributed by atoms with Crippen molar-refractivity contribution in [3.63, 3.8) is 0 Å². The van der Waals surface area contributed by atoms with Crippen LogP contribution in [0.25, 0.3) is 0 Å². The summed E-state index contributed by atoms with van der Waals surface area (Å²) < 4.78 is 0. The average molecular weight is 255 g/mol. The molecule has 1 saturated heterocycles. The minimum Gasteiger partial charge on any atom is -0.389 e. The zero-order chi connectivity index (χ0) is 11.7. The van der Waals surface area contributed by atoms with Crippen molar-refractivity contribution in [2.24, 2.45) is 5.73 Å². The molecule has 0 unspecified atom stereocenters. The maximum Gasteiger partial charge on any atom is 0.227 e. The quantitative estimate of drug-likeness (QED) is 0.823. The Hall–Kier alpha value is -1.13. The van der Waals surface area contributed by atoms with Gasteiger partial charge in [0.05, 0.1) is 5.69 Å². The lowest BCUT2D eigenvalue weighted by Gasteiger charge is -2.19. The van der Waals surface area contributed by atoms with Crippen LogP contribution in [0.4, 0.5) is 5.69 Å². The molecule has 0 atom stereocenters. The highest BCUT2D eigenvalue weighted by molar-refractivity contribution is 7.80. The molecular weight excluding hydrogens is 244 g/mol. The van der Waals surface area contributed by atoms with Crippen molar-refractivity contribution in [3.8, 4) is 0 Å². The summed E-state index contributed by atoms with van der Waals surface area (Å²) in [6.07, 6.45) is 1.44. The molecule has 2 rings (SSSR count). The Kier molecular flexibility index (Phi) is 3.12. The Morgan fingerprint density at radius 2 is 2.25 bits per heavy atom. The van der Waals surface area contributed by atoms with E-state index in [4.69, 9.17) is 29.6 Å². The smallest absolute Gasteiger partial charge is 0.227 e. The first kappa shape index (κ1) is 11.4. The van der Waals surface area contributed by atoms with Crippen LogP contribution in [0.2, 0.25) is 5.02 Å². The number of nitrogens with two attached hydrogens (primary N) is 1. The normalized spacial score (nSPS) is 15.6. The number of amides is 1. The Bertz CT molecular complexity index is 461. The molecule has 0 spiro atoms. The molecule has 84 valence electrons. The summed E-state index contributed by atoms with van der Waals surface area (Å²) in [5, 5.41) is 0.578. The first-order chi connectivity index (χ1) is 7.59. The Balaban J connectivity index is 2.48. The average Bonchev–Trinajstić information content (AvgIpc) is 2.63. The highest BCUT2D eigenvalue weighted by Gasteiger charge is 2.24. The monoisotopic (exact) mass is 254 g/mol. The van der Waals surface area contributed by atoms with Gasteiger partial charge < -0.3 is 10.6 Å². The van der Waals surface area contributed by atoms with E-state index in [-0.39, 0.29) is 10.9 Å². The molecule has 1 amide bonds. The van der Waals surface area contributed by atoms with E-state index in [1.165, 1.54) is 0 Å². The van der Waals surface area contributed by atoms with Gasteiger partial charge in [-0.2, -0.15) is 0 Å². The van der Waals surface area contributed by atoms with Crippen molar-refractivity contribution >= 4 is 40.4 Å². The summed E-state index contributed by atoms with van der Waals surface area (Å²) in [5.74, 6) is 0.0970. The number of carbonyl (C=O) groups excluding carboxylic acids is 1. The number of hydrogen-bond acceptors (Lipinski definition) is 2. The molecule has 1 aliphatic rings. The fourth-order valence-corrected chi connectivity index (χ4v) is 2.18. The summed E-state index contributed by atoms with van der Waals surface area (Å²) in [5.41, 5.74) is 7.06. The molecule has 0 saturated carbocycles. The van der Waals surface area contributed by atoms with Crippen molar-refractivity contribution in [1.29, 1.82) is 0 Å². The number of anilines is 1. The van der Waals surface area contributed by atoms with Gasteiger partial charge in [-0.25, -0.2) is 0 Å². The molecule has 16 heavy (non-hydrogen) atoms. The topological polar surface area (TPSA) is 46.3 Å². The fraction of sp³-hybridized carbons (Fsp3) is 0.273. The van der Waals surface area contributed by atoms with Crippen LogP contribution in [0.5, 0.6) is 0 Å². The van der Waals surface area contributed by atoms with Gasteiger partial charge >= 0.3 is 0 Å². The van der Waals surface area contributed by atoms with Gasteiger partial charge in [-0.05, 0) is 24.6 Å². The molecule has 5 heteroatoms. The maximum absolute atomic E-state index is 11.7. The molecule has 1 aromatic rings. The van der Waals surface area contributed by atoms with Crippen LogP contribution < -0.4 is 10.6 Å². The molecule has 0 bridgehead atoms. The SMILES string of the molecule is NC(=S)c1ccc(Cl)cc1N1CCCC1=O. The minimum absolute atomic E-state index is 0.0970. The Labute approximate surface area is 104 Å². The zero-order valence-corrected chi connectivity index (χ0v) is 10.1. The highest BCUT2D eigenvalue weighted by Crippen LogP contribution is 2.28. The number of thiocarbonyl (C=S) groups is 1. The molecule has 3 nitrogen and oxygen atoms in total. The third-order valence-corrected chi connectivity index (χ3v) is 3.04. The van der Waals surface area contributed by atoms with Gasteiger partial charge in [0, 0.05) is 23.6 Å². The number of carbonyl (C=O) groups is 1. The van der Waals surface area contributed by atoms with Gasteiger partial charge in [-0.3, -0.25) is 4.79 Å². The van der Waals surface area contributed by atoms with Gasteiger partial charge in [-0.1, -0.05) is 23.8 Å². The molecule has 2 N–H and O–H groups in total. The molecule has 0 aromatic heterocycles. The molecule has 0 aliphatic carbocycles. The van der Waals surface area contributed by atoms with E-state index in [9.17, 15) is 4.79 Å². The second kappa shape index (κ2) is 4.39. The van der Waals surface area contributed by atoms with Crippen molar-refractivity contribution in [2.45, 2.75) is 12.8 Å². The molecule has 1 fully saturated rings. The molecule has 0 radical (unpaired) electrons. The summed E-state index contributed by atoms with van der Waals surface area (Å²) in [7, 11) is 0. The van der Waals surface area contributed by atoms with Crippen LogP contribution in [0, 0.1) is 0 Å². The largest absolute Gasteiger partial charge is 0.389 e. The van der Waals surface area contributed by atoms with Crippen LogP contribution in [0.1, 0.15) is 18.4 Å². The van der Waals surface area contributed by atoms with Crippen LogP contribution in [-0.2, 0) is 4.79 Å². The van der Waals surface area contributed by atoms with Crippen molar-refractivity contribution in [1.82, 2.24) is 0 Å². The van der Waals surface area contributed by atoms with Crippen LogP contribution >= 0.6 is 23.8 Å². The third-order valence-electron chi connectivity index (χ3n) is 2.59. The summed E-state index contributed by atoms with van der Waals surface area (Å²) in [6.45, 7) is 0.703. The second-order valence-corrected chi connectivity index (χ2v) is 4.55. The van der Waals surface area contributed by atoms with Gasteiger partial charge in [0.25, 0.3) is 0 Å². The standard InChI is InChI=1S/C11H11ClN2OS/c12-7-3-4-8(11(13)16)9(6-7)14-5-1-2-10(14)15/h3-4,6H,1-2,5H2,(H2,13,16). The number of benzene rings is 1. The summed E-state index contributed by atoms with van der Waals surface area (Å²) in [6, 6.07) is 5.21. The first-order valence-electron chi connectivity index (χ1n) is 4.99. The van der Waals surface area contributed by atoms with E-state index < -0.39 is 0 Å². The summed E-state index contributed by atoms with van der Waals surface area (Å²) in [4.78, 5) is 13.6. The predicted molar refractivity (Wildman–Crippen MR) is 68.9 cm³/mol. The van der Waals surface area contributed by atoms with Crippen LogP contribution in [-0.4, -0.2) is 17.4 Å². The van der Waals surface area contributed by atoms with Gasteiger partial charge in [0.2, 0.25) is 5.91 Å². The van der Waals surface area contributed by atoms with E-state index in [1.807, 2.05) is 0 Å². The minimum atomic E-state index is 0.0970. The molecule has 1 heterocycles. The van der Waals surface area contributed by atoms with E-state index in [2.05, 4.69) is 0 Å². The van der Waals surface area contributed by atoms with E-state index in [1.54, 1.807) is 23.1 Å². The van der Waals surface area contributed by atoms with Crippen LogP contribution in [0.3, 0.4) is 0 Å². The first-order valence-corrected chi connectivity index (χ1v) is 5.78. The van der Waals surface area contributed by atoms with Gasteiger partial charge in [0.1, 0.15) is 4.99 Å². The van der Waals surface area contributed by atoms with Crippen molar-refractivity contribution in [3.05, 3.63) is 28.8 Å². The van der Waals surface area contributed by atoms with Crippen molar-refractivity contribution < 1.29 is 4.79 Å². The van der Waals surface area contributed by atoms with Gasteiger partial charge in [-0.15, -0.1) is 0 Å². The number of hydrogen-bond donors (Lipinski definition) is 1. The van der Waals surface area contributed by atoms with E-state index in [0.717, 1.165) is 12.1 Å². The lowest BCUT2D eigenvalue weighted by molar-refractivity contribution is -0.117. The predicted octanol–water partition coefficient (Wildman–Crippen LogP) is 2.10. The lowest BCUT2D eigenvalue weighted by atomic mass is 10.1. The molecule has 1 aromatic carbocycles. The number of halogens is 1. The van der Waals surface area contributed by atoms with Gasteiger partial charge in [0.15, 0.2) is 0 Å². The maximum atomic E-state index is 11.7. The zero-order valence-electron chi connectivity index (χ0n) is 8.57. The fourth-order valence-electron chi connectivity index (χ4n) is 1.84. The Morgan fingerprint density at radius 3 is 2.81 bits per heavy atom. The lowest BCUT2D eigenvalue weighted by Crippen LogP contribution is -2.26. The highest BCUT2D eigenvalue weighted by atomic mass is 35.5. The summed E-state index contributed by atoms with van der Waals surface area (Å²) >= 11 is 10.9. The molecule has 1 aliphatic heterocycles.